The average Bonchev–Trinajstić information content (AvgIpc) is 3.03. The summed E-state index contributed by atoms with van der Waals surface area (Å²) < 4.78 is 11.8. The molecule has 4 rings (SSSR count). The zero-order valence-corrected chi connectivity index (χ0v) is 19.4. The molecular formula is C25H38O6. The fourth-order valence-electron chi connectivity index (χ4n) is 7.02. The van der Waals surface area contributed by atoms with Crippen LogP contribution >= 0.6 is 0 Å². The Bertz CT molecular complexity index is 746. The van der Waals surface area contributed by atoms with Crippen LogP contribution in [0.15, 0.2) is 24.0 Å². The predicted octanol–water partition coefficient (Wildman–Crippen LogP) is 4.68. The smallest absolute Gasteiger partial charge is 0.302 e. The van der Waals surface area contributed by atoms with E-state index >= 15 is 0 Å². The second-order valence-corrected chi connectivity index (χ2v) is 10.5. The van der Waals surface area contributed by atoms with Gasteiger partial charge in [-0.15, -0.1) is 0 Å². The highest BCUT2D eigenvalue weighted by Crippen LogP contribution is 2.64. The van der Waals surface area contributed by atoms with Gasteiger partial charge >= 0.3 is 5.97 Å². The summed E-state index contributed by atoms with van der Waals surface area (Å²) in [5.41, 5.74) is 1.02. The van der Waals surface area contributed by atoms with Crippen LogP contribution in [0.1, 0.15) is 72.6 Å². The van der Waals surface area contributed by atoms with Gasteiger partial charge in [-0.3, -0.25) is 4.79 Å². The Hall–Kier alpha value is -1.37. The summed E-state index contributed by atoms with van der Waals surface area (Å²) in [6, 6.07) is 0. The van der Waals surface area contributed by atoms with E-state index in [4.69, 9.17) is 19.2 Å². The van der Waals surface area contributed by atoms with E-state index in [9.17, 15) is 9.90 Å². The molecule has 6 nitrogen and oxygen atoms in total. The first-order chi connectivity index (χ1) is 14.7. The third-order valence-corrected chi connectivity index (χ3v) is 8.63. The van der Waals surface area contributed by atoms with Crippen LogP contribution in [-0.2, 0) is 24.0 Å². The van der Waals surface area contributed by atoms with Crippen molar-refractivity contribution in [3.63, 3.8) is 0 Å². The summed E-state index contributed by atoms with van der Waals surface area (Å²) in [6.45, 7) is 12.5. The van der Waals surface area contributed by atoms with Crippen molar-refractivity contribution in [3.05, 3.63) is 24.0 Å². The highest BCUT2D eigenvalue weighted by Gasteiger charge is 2.62. The van der Waals surface area contributed by atoms with Gasteiger partial charge in [-0.2, -0.15) is 4.89 Å². The minimum absolute atomic E-state index is 0.0462. The fraction of sp³-hybridized carbons (Fsp3) is 0.800. The topological polar surface area (TPSA) is 74.2 Å². The summed E-state index contributed by atoms with van der Waals surface area (Å²) in [5, 5.41) is 11.3. The van der Waals surface area contributed by atoms with Crippen molar-refractivity contribution in [1.29, 1.82) is 0 Å². The van der Waals surface area contributed by atoms with E-state index in [1.165, 1.54) is 12.5 Å². The molecule has 0 aromatic rings. The van der Waals surface area contributed by atoms with Gasteiger partial charge in [-0.05, 0) is 49.9 Å². The van der Waals surface area contributed by atoms with Gasteiger partial charge in [0, 0.05) is 30.6 Å². The summed E-state index contributed by atoms with van der Waals surface area (Å²) in [5.74, 6) is 1.24. The Morgan fingerprint density at radius 1 is 1.29 bits per heavy atom. The number of esters is 1. The van der Waals surface area contributed by atoms with Crippen molar-refractivity contribution >= 4 is 5.97 Å². The third kappa shape index (κ3) is 3.96. The molecule has 6 heteroatoms. The lowest BCUT2D eigenvalue weighted by Gasteiger charge is -2.58. The molecule has 5 unspecified atom stereocenters. The molecule has 3 aliphatic carbocycles. The Balaban J connectivity index is 1.50. The fourth-order valence-corrected chi connectivity index (χ4v) is 7.02. The second-order valence-electron chi connectivity index (χ2n) is 10.5. The van der Waals surface area contributed by atoms with Crippen LogP contribution in [-0.4, -0.2) is 36.2 Å². The molecule has 0 amide bonds. The normalized spacial score (nSPS) is 43.8. The Morgan fingerprint density at radius 2 is 2.06 bits per heavy atom. The molecule has 0 radical (unpaired) electrons. The number of carbonyl (C=O) groups is 1. The number of rotatable bonds is 6. The van der Waals surface area contributed by atoms with Gasteiger partial charge in [0.05, 0.1) is 12.7 Å². The summed E-state index contributed by atoms with van der Waals surface area (Å²) in [4.78, 5) is 22.5. The van der Waals surface area contributed by atoms with Gasteiger partial charge in [0.1, 0.15) is 11.9 Å². The van der Waals surface area contributed by atoms with Gasteiger partial charge in [0.25, 0.3) is 0 Å². The summed E-state index contributed by atoms with van der Waals surface area (Å²) in [6.07, 6.45) is 7.20. The summed E-state index contributed by atoms with van der Waals surface area (Å²) in [7, 11) is 0. The first-order valence-corrected chi connectivity index (χ1v) is 11.9. The van der Waals surface area contributed by atoms with Crippen LogP contribution in [0, 0.1) is 28.6 Å². The van der Waals surface area contributed by atoms with Crippen LogP contribution in [0.4, 0.5) is 0 Å². The second kappa shape index (κ2) is 8.53. The monoisotopic (exact) mass is 434 g/mol. The number of aliphatic hydroxyl groups excluding tert-OH is 1. The third-order valence-electron chi connectivity index (χ3n) is 8.63. The van der Waals surface area contributed by atoms with Crippen LogP contribution in [0.2, 0.25) is 0 Å². The first kappa shape index (κ1) is 22.8. The number of ether oxygens (including phenoxy) is 2. The number of aliphatic hydroxyl groups is 1. The zero-order chi connectivity index (χ0) is 22.4. The molecule has 3 fully saturated rings. The van der Waals surface area contributed by atoms with Crippen LogP contribution in [0.3, 0.4) is 0 Å². The Labute approximate surface area is 185 Å². The Kier molecular flexibility index (Phi) is 6.27. The van der Waals surface area contributed by atoms with Crippen molar-refractivity contribution in [2.24, 2.45) is 28.6 Å². The highest BCUT2D eigenvalue weighted by molar-refractivity contribution is 5.66. The standard InChI is InChI=1S/C25H38O6/c1-6-7-15(2)30-31-22-13-17-12-20(27)23-18-8-9-21(29-16(3)26)24(18,4)11-10-19(23)25(17,5)14-28-22/h12,18-23,27H,2,6-11,13-14H2,1,3-5H3/t18?,19?,20?,21?,22-,23?,24+,25+/m1/s1. The minimum Gasteiger partial charge on any atom is -0.462 e. The number of hydrogen-bond donors (Lipinski definition) is 1. The number of hydrogen-bond acceptors (Lipinski definition) is 6. The quantitative estimate of drug-likeness (QED) is 0.215. The molecule has 4 aliphatic rings. The molecular weight excluding hydrogens is 396 g/mol. The van der Waals surface area contributed by atoms with E-state index in [0.717, 1.165) is 38.5 Å². The predicted molar refractivity (Wildman–Crippen MR) is 115 cm³/mol. The molecule has 0 aromatic carbocycles. The maximum Gasteiger partial charge on any atom is 0.302 e. The number of fused-ring (bicyclic) bond motifs is 5. The molecule has 0 bridgehead atoms. The van der Waals surface area contributed by atoms with Crippen molar-refractivity contribution in [3.8, 4) is 0 Å². The molecule has 1 saturated heterocycles. The highest BCUT2D eigenvalue weighted by atomic mass is 17.2. The molecule has 1 heterocycles. The Morgan fingerprint density at radius 3 is 2.77 bits per heavy atom. The molecule has 8 atom stereocenters. The van der Waals surface area contributed by atoms with Crippen molar-refractivity contribution < 1.29 is 29.1 Å². The molecule has 1 aliphatic heterocycles. The lowest BCUT2D eigenvalue weighted by molar-refractivity contribution is -0.368. The van der Waals surface area contributed by atoms with Crippen molar-refractivity contribution in [1.82, 2.24) is 0 Å². The first-order valence-electron chi connectivity index (χ1n) is 11.9. The van der Waals surface area contributed by atoms with E-state index in [1.54, 1.807) is 0 Å². The van der Waals surface area contributed by atoms with Gasteiger partial charge < -0.3 is 19.5 Å². The molecule has 0 aromatic heterocycles. The SMILES string of the molecule is C=C(CCC)OO[C@@H]1CC2=CC(O)C3C4CCC(OC(C)=O)[C@@]4(C)CCC3[C@@]2(C)CO1. The molecule has 1 N–H and O–H groups in total. The van der Waals surface area contributed by atoms with Gasteiger partial charge in [0.2, 0.25) is 6.29 Å². The minimum atomic E-state index is -0.497. The average molecular weight is 435 g/mol. The van der Waals surface area contributed by atoms with E-state index in [0.29, 0.717) is 30.6 Å². The van der Waals surface area contributed by atoms with Gasteiger partial charge in [0.15, 0.2) is 0 Å². The molecule has 31 heavy (non-hydrogen) atoms. The summed E-state index contributed by atoms with van der Waals surface area (Å²) >= 11 is 0. The van der Waals surface area contributed by atoms with Crippen molar-refractivity contribution in [2.75, 3.05) is 6.61 Å². The molecule has 174 valence electrons. The van der Waals surface area contributed by atoms with Gasteiger partial charge in [-0.25, -0.2) is 0 Å². The van der Waals surface area contributed by atoms with Crippen LogP contribution < -0.4 is 0 Å². The zero-order valence-electron chi connectivity index (χ0n) is 19.4. The number of allylic oxidation sites excluding steroid dienone is 1. The van der Waals surface area contributed by atoms with E-state index in [-0.39, 0.29) is 28.8 Å². The van der Waals surface area contributed by atoms with Crippen LogP contribution in [0.5, 0.6) is 0 Å². The van der Waals surface area contributed by atoms with E-state index < -0.39 is 12.4 Å². The maximum atomic E-state index is 11.6. The molecule has 0 spiro atoms. The largest absolute Gasteiger partial charge is 0.462 e. The van der Waals surface area contributed by atoms with Gasteiger partial charge in [-0.1, -0.05) is 39.0 Å². The lowest BCUT2D eigenvalue weighted by atomic mass is 9.49. The molecule has 2 saturated carbocycles. The van der Waals surface area contributed by atoms with E-state index in [2.05, 4.69) is 27.4 Å². The van der Waals surface area contributed by atoms with Crippen molar-refractivity contribution in [2.45, 2.75) is 91.1 Å². The maximum absolute atomic E-state index is 11.6. The lowest BCUT2D eigenvalue weighted by Crippen LogP contribution is -2.57. The van der Waals surface area contributed by atoms with Crippen LogP contribution in [0.25, 0.3) is 0 Å². The number of carbonyl (C=O) groups excluding carboxylic acids is 1. The van der Waals surface area contributed by atoms with E-state index in [1.807, 2.05) is 6.08 Å².